The second-order valence-corrected chi connectivity index (χ2v) is 6.05. The van der Waals surface area contributed by atoms with Gasteiger partial charge in [-0.05, 0) is 31.6 Å². The molecule has 3 nitrogen and oxygen atoms in total. The zero-order valence-corrected chi connectivity index (χ0v) is 11.6. The van der Waals surface area contributed by atoms with E-state index in [0.29, 0.717) is 18.2 Å². The molecule has 1 saturated carbocycles. The van der Waals surface area contributed by atoms with Crippen molar-refractivity contribution in [2.45, 2.75) is 57.7 Å². The first kappa shape index (κ1) is 13.3. The molecule has 17 heavy (non-hydrogen) atoms. The van der Waals surface area contributed by atoms with E-state index in [2.05, 4.69) is 24.1 Å². The van der Waals surface area contributed by atoms with Crippen LogP contribution >= 0.6 is 0 Å². The lowest BCUT2D eigenvalue weighted by molar-refractivity contribution is 0.0197. The van der Waals surface area contributed by atoms with Gasteiger partial charge >= 0.3 is 0 Å². The van der Waals surface area contributed by atoms with E-state index in [1.165, 1.54) is 38.8 Å². The molecule has 0 spiro atoms. The fourth-order valence-electron chi connectivity index (χ4n) is 3.48. The second-order valence-electron chi connectivity index (χ2n) is 6.05. The highest BCUT2D eigenvalue weighted by Gasteiger charge is 2.34. The minimum absolute atomic E-state index is 0.479. The molecule has 1 heterocycles. The van der Waals surface area contributed by atoms with Crippen LogP contribution in [0.5, 0.6) is 0 Å². The van der Waals surface area contributed by atoms with Crippen molar-refractivity contribution in [3.63, 3.8) is 0 Å². The number of nitrogens with zero attached hydrogens (tertiary/aromatic N) is 1. The summed E-state index contributed by atoms with van der Waals surface area (Å²) in [5, 5.41) is 3.65. The highest BCUT2D eigenvalue weighted by Crippen LogP contribution is 2.27. The van der Waals surface area contributed by atoms with Crippen molar-refractivity contribution in [3.8, 4) is 0 Å². The van der Waals surface area contributed by atoms with Crippen LogP contribution in [-0.4, -0.2) is 49.8 Å². The first-order chi connectivity index (χ1) is 8.20. The first-order valence-electron chi connectivity index (χ1n) is 7.21. The molecule has 3 heteroatoms. The van der Waals surface area contributed by atoms with E-state index in [1.807, 2.05) is 7.11 Å². The molecule has 3 atom stereocenters. The minimum atomic E-state index is 0.479. The zero-order valence-electron chi connectivity index (χ0n) is 11.6. The van der Waals surface area contributed by atoms with Crippen molar-refractivity contribution in [2.24, 2.45) is 5.92 Å². The maximum Gasteiger partial charge on any atom is 0.0726 e. The highest BCUT2D eigenvalue weighted by molar-refractivity contribution is 4.90. The number of methoxy groups -OCH3 is 1. The smallest absolute Gasteiger partial charge is 0.0726 e. The van der Waals surface area contributed by atoms with Gasteiger partial charge in [0.25, 0.3) is 0 Å². The van der Waals surface area contributed by atoms with Gasteiger partial charge in [0.2, 0.25) is 0 Å². The van der Waals surface area contributed by atoms with Gasteiger partial charge in [-0.15, -0.1) is 0 Å². The minimum Gasteiger partial charge on any atom is -0.380 e. The summed E-state index contributed by atoms with van der Waals surface area (Å²) in [5.41, 5.74) is 0. The van der Waals surface area contributed by atoms with Crippen molar-refractivity contribution in [1.82, 2.24) is 10.2 Å². The summed E-state index contributed by atoms with van der Waals surface area (Å²) in [6, 6.07) is 1.36. The lowest BCUT2D eigenvalue weighted by Crippen LogP contribution is -2.56. The highest BCUT2D eigenvalue weighted by atomic mass is 16.5. The third kappa shape index (κ3) is 3.43. The van der Waals surface area contributed by atoms with Crippen molar-refractivity contribution in [2.75, 3.05) is 26.7 Å². The monoisotopic (exact) mass is 240 g/mol. The standard InChI is InChI=1S/C14H28N2O/c1-11(2)9-12-10-16(8-7-15-12)13-5-4-6-14(13)17-3/h11-15H,4-10H2,1-3H3. The Labute approximate surface area is 106 Å². The summed E-state index contributed by atoms with van der Waals surface area (Å²) < 4.78 is 5.63. The maximum absolute atomic E-state index is 5.63. The van der Waals surface area contributed by atoms with Crippen molar-refractivity contribution in [1.29, 1.82) is 0 Å². The van der Waals surface area contributed by atoms with Crippen molar-refractivity contribution >= 4 is 0 Å². The van der Waals surface area contributed by atoms with E-state index < -0.39 is 0 Å². The summed E-state index contributed by atoms with van der Waals surface area (Å²) in [5.74, 6) is 0.786. The van der Waals surface area contributed by atoms with E-state index in [-0.39, 0.29) is 0 Å². The van der Waals surface area contributed by atoms with Crippen molar-refractivity contribution in [3.05, 3.63) is 0 Å². The van der Waals surface area contributed by atoms with Gasteiger partial charge in [0.05, 0.1) is 6.10 Å². The average Bonchev–Trinajstić information content (AvgIpc) is 2.76. The SMILES string of the molecule is COC1CCCC1N1CCNC(CC(C)C)C1. The molecule has 0 aromatic rings. The summed E-state index contributed by atoms with van der Waals surface area (Å²) in [4.78, 5) is 2.67. The van der Waals surface area contributed by atoms with Crippen LogP contribution in [0.25, 0.3) is 0 Å². The molecule has 2 rings (SSSR count). The van der Waals surface area contributed by atoms with Crippen LogP contribution in [0.4, 0.5) is 0 Å². The molecule has 1 N–H and O–H groups in total. The van der Waals surface area contributed by atoms with E-state index in [1.54, 1.807) is 0 Å². The fraction of sp³-hybridized carbons (Fsp3) is 1.00. The lowest BCUT2D eigenvalue weighted by atomic mass is 10.0. The van der Waals surface area contributed by atoms with Gasteiger partial charge in [-0.1, -0.05) is 13.8 Å². The number of ether oxygens (including phenoxy) is 1. The van der Waals surface area contributed by atoms with Crippen LogP contribution in [0.3, 0.4) is 0 Å². The van der Waals surface area contributed by atoms with E-state index in [4.69, 9.17) is 4.74 Å². The second kappa shape index (κ2) is 6.17. The molecule has 1 aliphatic heterocycles. The summed E-state index contributed by atoms with van der Waals surface area (Å²) in [6.07, 6.45) is 5.68. The van der Waals surface area contributed by atoms with E-state index >= 15 is 0 Å². The third-order valence-corrected chi connectivity index (χ3v) is 4.23. The predicted molar refractivity (Wildman–Crippen MR) is 71.3 cm³/mol. The molecule has 1 aliphatic carbocycles. The Morgan fingerprint density at radius 2 is 2.18 bits per heavy atom. The van der Waals surface area contributed by atoms with Crippen LogP contribution in [0.1, 0.15) is 39.5 Å². The maximum atomic E-state index is 5.63. The van der Waals surface area contributed by atoms with Gasteiger partial charge in [0.15, 0.2) is 0 Å². The molecule has 0 bridgehead atoms. The molecule has 0 aromatic heterocycles. The van der Waals surface area contributed by atoms with Gasteiger partial charge in [-0.3, -0.25) is 4.90 Å². The molecule has 3 unspecified atom stereocenters. The lowest BCUT2D eigenvalue weighted by Gasteiger charge is -2.39. The van der Waals surface area contributed by atoms with Crippen LogP contribution < -0.4 is 5.32 Å². The van der Waals surface area contributed by atoms with Crippen LogP contribution in [0.2, 0.25) is 0 Å². The van der Waals surface area contributed by atoms with Crippen LogP contribution in [0, 0.1) is 5.92 Å². The summed E-state index contributed by atoms with van der Waals surface area (Å²) in [7, 11) is 1.87. The molecule has 100 valence electrons. The Balaban J connectivity index is 1.88. The largest absolute Gasteiger partial charge is 0.380 e. The van der Waals surface area contributed by atoms with Gasteiger partial charge in [-0.2, -0.15) is 0 Å². The quantitative estimate of drug-likeness (QED) is 0.812. The van der Waals surface area contributed by atoms with Gasteiger partial charge < -0.3 is 10.1 Å². The molecule has 2 aliphatic rings. The van der Waals surface area contributed by atoms with Crippen LogP contribution in [-0.2, 0) is 4.74 Å². The fourth-order valence-corrected chi connectivity index (χ4v) is 3.48. The zero-order chi connectivity index (χ0) is 12.3. The molecule has 2 fully saturated rings. The number of rotatable bonds is 4. The Morgan fingerprint density at radius 3 is 2.88 bits per heavy atom. The topological polar surface area (TPSA) is 24.5 Å². The van der Waals surface area contributed by atoms with Gasteiger partial charge in [0.1, 0.15) is 0 Å². The van der Waals surface area contributed by atoms with Crippen LogP contribution in [0.15, 0.2) is 0 Å². The summed E-state index contributed by atoms with van der Waals surface area (Å²) >= 11 is 0. The molecule has 0 aromatic carbocycles. The third-order valence-electron chi connectivity index (χ3n) is 4.23. The molecular formula is C14H28N2O. The number of hydrogen-bond acceptors (Lipinski definition) is 3. The van der Waals surface area contributed by atoms with Gasteiger partial charge in [-0.25, -0.2) is 0 Å². The predicted octanol–water partition coefficient (Wildman–Crippen LogP) is 1.87. The van der Waals surface area contributed by atoms with Gasteiger partial charge in [0, 0.05) is 38.8 Å². The molecular weight excluding hydrogens is 212 g/mol. The summed E-state index contributed by atoms with van der Waals surface area (Å²) in [6.45, 7) is 8.18. The average molecular weight is 240 g/mol. The number of piperazine rings is 1. The molecule has 0 amide bonds. The first-order valence-corrected chi connectivity index (χ1v) is 7.21. The number of hydrogen-bond donors (Lipinski definition) is 1. The van der Waals surface area contributed by atoms with E-state index in [0.717, 1.165) is 12.5 Å². The Bertz CT molecular complexity index is 232. The normalized spacial score (nSPS) is 35.6. The Morgan fingerprint density at radius 1 is 1.35 bits per heavy atom. The molecule has 1 saturated heterocycles. The number of nitrogens with one attached hydrogen (secondary N) is 1. The van der Waals surface area contributed by atoms with E-state index in [9.17, 15) is 0 Å². The Kier molecular flexibility index (Phi) is 4.83. The molecule has 0 radical (unpaired) electrons. The van der Waals surface area contributed by atoms with Crippen molar-refractivity contribution < 1.29 is 4.74 Å². The Hall–Kier alpha value is -0.120.